The fourth-order valence-electron chi connectivity index (χ4n) is 7.46. The van der Waals surface area contributed by atoms with Gasteiger partial charge in [-0.05, 0) is 51.4 Å². The molecule has 0 aromatic carbocycles. The second kappa shape index (κ2) is 49.8. The van der Waals surface area contributed by atoms with E-state index < -0.39 is 6.10 Å². The third-order valence-electron chi connectivity index (χ3n) is 11.2. The van der Waals surface area contributed by atoms with E-state index >= 15 is 0 Å². The van der Waals surface area contributed by atoms with Gasteiger partial charge in [0, 0.05) is 13.0 Å². The molecule has 0 aromatic heterocycles. The summed E-state index contributed by atoms with van der Waals surface area (Å²) in [5, 5.41) is 9.64. The van der Waals surface area contributed by atoms with Crippen LogP contribution in [0.5, 0.6) is 0 Å². The van der Waals surface area contributed by atoms with Crippen molar-refractivity contribution in [2.24, 2.45) is 0 Å². The van der Waals surface area contributed by atoms with Gasteiger partial charge in [0.25, 0.3) is 0 Å². The van der Waals surface area contributed by atoms with Crippen molar-refractivity contribution in [2.75, 3.05) is 19.8 Å². The molecule has 0 aliphatic heterocycles. The lowest BCUT2D eigenvalue weighted by Gasteiger charge is -2.16. The molecule has 0 aromatic rings. The van der Waals surface area contributed by atoms with Crippen LogP contribution in [0.3, 0.4) is 0 Å². The van der Waals surface area contributed by atoms with E-state index in [9.17, 15) is 9.90 Å². The maximum atomic E-state index is 12.3. The Hall–Kier alpha value is -1.39. The van der Waals surface area contributed by atoms with Crippen molar-refractivity contribution in [3.05, 3.63) is 36.5 Å². The molecule has 4 heteroatoms. The molecule has 0 radical (unpaired) electrons. The highest BCUT2D eigenvalue weighted by Crippen LogP contribution is 2.16. The van der Waals surface area contributed by atoms with Crippen LogP contribution < -0.4 is 0 Å². The van der Waals surface area contributed by atoms with Crippen LogP contribution in [0.2, 0.25) is 0 Å². The number of esters is 1. The van der Waals surface area contributed by atoms with Gasteiger partial charge in [0.2, 0.25) is 0 Å². The molecule has 0 bridgehead atoms. The van der Waals surface area contributed by atoms with Crippen molar-refractivity contribution in [2.45, 2.75) is 270 Å². The number of aliphatic hydroxyl groups is 1. The maximum absolute atomic E-state index is 12.3. The van der Waals surface area contributed by atoms with Crippen LogP contribution in [0.15, 0.2) is 36.5 Å². The highest BCUT2D eigenvalue weighted by molar-refractivity contribution is 5.69. The van der Waals surface area contributed by atoms with E-state index in [4.69, 9.17) is 9.47 Å². The third-order valence-corrected chi connectivity index (χ3v) is 11.2. The first kappa shape index (κ1) is 54.6. The minimum absolute atomic E-state index is 0.171. The zero-order valence-corrected chi connectivity index (χ0v) is 37.9. The van der Waals surface area contributed by atoms with Gasteiger partial charge >= 0.3 is 5.97 Å². The summed E-state index contributed by atoms with van der Waals surface area (Å²) in [5.74, 6) is -0.197. The number of rotatable bonds is 47. The van der Waals surface area contributed by atoms with Gasteiger partial charge in [0.15, 0.2) is 0 Å². The first-order valence-electron chi connectivity index (χ1n) is 25.1. The van der Waals surface area contributed by atoms with Crippen LogP contribution in [-0.4, -0.2) is 37.0 Å². The van der Waals surface area contributed by atoms with Crippen LogP contribution in [0, 0.1) is 0 Å². The van der Waals surface area contributed by atoms with Crippen LogP contribution in [0.4, 0.5) is 0 Å². The van der Waals surface area contributed by atoms with Crippen LogP contribution in [0.1, 0.15) is 264 Å². The van der Waals surface area contributed by atoms with Crippen LogP contribution in [-0.2, 0) is 14.3 Å². The van der Waals surface area contributed by atoms with Crippen molar-refractivity contribution >= 4 is 5.97 Å². The minimum atomic E-state index is -0.535. The van der Waals surface area contributed by atoms with Crippen molar-refractivity contribution in [3.63, 3.8) is 0 Å². The highest BCUT2D eigenvalue weighted by Gasteiger charge is 2.13. The molecule has 0 aliphatic carbocycles. The minimum Gasteiger partial charge on any atom is -0.457 e. The Morgan fingerprint density at radius 2 is 0.750 bits per heavy atom. The summed E-state index contributed by atoms with van der Waals surface area (Å²) in [7, 11) is 0. The third kappa shape index (κ3) is 47.0. The average molecular weight is 787 g/mol. The van der Waals surface area contributed by atoms with Gasteiger partial charge < -0.3 is 14.6 Å². The van der Waals surface area contributed by atoms with Crippen molar-refractivity contribution < 1.29 is 19.4 Å². The molecule has 330 valence electrons. The summed E-state index contributed by atoms with van der Waals surface area (Å²) in [5.41, 5.74) is 0. The number of unbranched alkanes of at least 4 members (excludes halogenated alkanes) is 33. The molecular weight excluding hydrogens is 689 g/mol. The Morgan fingerprint density at radius 1 is 0.429 bits per heavy atom. The molecule has 0 saturated heterocycles. The molecule has 4 nitrogen and oxygen atoms in total. The topological polar surface area (TPSA) is 55.8 Å². The zero-order valence-electron chi connectivity index (χ0n) is 37.9. The number of hydrogen-bond acceptors (Lipinski definition) is 4. The highest BCUT2D eigenvalue weighted by atomic mass is 16.6. The molecule has 0 spiro atoms. The Morgan fingerprint density at radius 3 is 1.12 bits per heavy atom. The molecule has 1 unspecified atom stereocenters. The van der Waals surface area contributed by atoms with Gasteiger partial charge in [-0.1, -0.05) is 243 Å². The van der Waals surface area contributed by atoms with E-state index in [1.54, 1.807) is 0 Å². The standard InChI is InChI=1S/C52H98O4/c1-3-5-7-9-11-13-15-17-19-21-23-25-26-27-28-30-32-34-36-38-40-42-44-46-48-55-50-51(49-53)56-52(54)47-45-43-41-39-37-35-33-31-29-24-22-20-18-16-14-12-10-8-6-4-2/h15,17,21,23,26-27,51,53H,3-14,16,18-20,22,24-25,28-50H2,1-2H3/b17-15-,23-21-,27-26-. The number of allylic oxidation sites excluding steroid dienone is 6. The Labute approximate surface area is 350 Å². The first-order valence-corrected chi connectivity index (χ1v) is 25.1. The molecule has 0 fully saturated rings. The van der Waals surface area contributed by atoms with E-state index in [0.29, 0.717) is 19.6 Å². The second-order valence-corrected chi connectivity index (χ2v) is 16.9. The fraction of sp³-hybridized carbons (Fsp3) is 0.865. The number of ether oxygens (including phenoxy) is 2. The molecule has 0 amide bonds. The first-order chi connectivity index (χ1) is 27.7. The summed E-state index contributed by atoms with van der Waals surface area (Å²) < 4.78 is 11.2. The molecule has 56 heavy (non-hydrogen) atoms. The van der Waals surface area contributed by atoms with E-state index in [2.05, 4.69) is 50.3 Å². The van der Waals surface area contributed by atoms with Gasteiger partial charge in [0.1, 0.15) is 6.10 Å². The summed E-state index contributed by atoms with van der Waals surface area (Å²) in [6.45, 7) is 5.36. The lowest BCUT2D eigenvalue weighted by molar-refractivity contribution is -0.154. The van der Waals surface area contributed by atoms with Crippen molar-refractivity contribution in [3.8, 4) is 0 Å². The summed E-state index contributed by atoms with van der Waals surface area (Å²) in [6.07, 6.45) is 63.7. The summed E-state index contributed by atoms with van der Waals surface area (Å²) >= 11 is 0. The zero-order chi connectivity index (χ0) is 40.5. The number of carbonyl (C=O) groups excluding carboxylic acids is 1. The monoisotopic (exact) mass is 787 g/mol. The second-order valence-electron chi connectivity index (χ2n) is 16.9. The summed E-state index contributed by atoms with van der Waals surface area (Å²) in [6, 6.07) is 0. The Kier molecular flexibility index (Phi) is 48.5. The van der Waals surface area contributed by atoms with E-state index in [-0.39, 0.29) is 12.6 Å². The van der Waals surface area contributed by atoms with E-state index in [0.717, 1.165) is 32.1 Å². The largest absolute Gasteiger partial charge is 0.457 e. The van der Waals surface area contributed by atoms with Crippen LogP contribution in [0.25, 0.3) is 0 Å². The lowest BCUT2D eigenvalue weighted by Crippen LogP contribution is -2.27. The Bertz CT molecular complexity index is 833. The molecule has 0 rings (SSSR count). The Balaban J connectivity index is 3.40. The lowest BCUT2D eigenvalue weighted by atomic mass is 10.0. The quantitative estimate of drug-likeness (QED) is 0.0379. The maximum Gasteiger partial charge on any atom is 0.306 e. The van der Waals surface area contributed by atoms with Gasteiger partial charge in [-0.2, -0.15) is 0 Å². The smallest absolute Gasteiger partial charge is 0.306 e. The summed E-state index contributed by atoms with van der Waals surface area (Å²) in [4.78, 5) is 12.3. The normalized spacial score (nSPS) is 12.6. The van der Waals surface area contributed by atoms with E-state index in [1.807, 2.05) is 0 Å². The predicted molar refractivity (Wildman–Crippen MR) is 247 cm³/mol. The SMILES string of the molecule is CCCCCCC/C=C\C/C=C\C/C=C\CCCCCCCCCCCOCC(CO)OC(=O)CCCCCCCCCCCCCCCCCCCCCC. The van der Waals surface area contributed by atoms with Gasteiger partial charge in [-0.3, -0.25) is 4.79 Å². The van der Waals surface area contributed by atoms with Crippen molar-refractivity contribution in [1.82, 2.24) is 0 Å². The molecular formula is C52H98O4. The van der Waals surface area contributed by atoms with Gasteiger partial charge in [-0.25, -0.2) is 0 Å². The predicted octanol–water partition coefficient (Wildman–Crippen LogP) is 16.8. The van der Waals surface area contributed by atoms with Gasteiger partial charge in [0.05, 0.1) is 13.2 Å². The molecule has 0 aliphatic rings. The number of carbonyl (C=O) groups is 1. The molecule has 1 atom stereocenters. The molecule has 0 saturated carbocycles. The number of hydrogen-bond donors (Lipinski definition) is 1. The molecule has 1 N–H and O–H groups in total. The van der Waals surface area contributed by atoms with Gasteiger partial charge in [-0.15, -0.1) is 0 Å². The van der Waals surface area contributed by atoms with Crippen LogP contribution >= 0.6 is 0 Å². The van der Waals surface area contributed by atoms with Crippen molar-refractivity contribution in [1.29, 1.82) is 0 Å². The molecule has 0 heterocycles. The van der Waals surface area contributed by atoms with E-state index in [1.165, 1.54) is 212 Å². The average Bonchev–Trinajstić information content (AvgIpc) is 3.20. The number of aliphatic hydroxyl groups excluding tert-OH is 1. The fourth-order valence-corrected chi connectivity index (χ4v) is 7.46.